The van der Waals surface area contributed by atoms with E-state index < -0.39 is 5.82 Å². The summed E-state index contributed by atoms with van der Waals surface area (Å²) in [7, 11) is 1.64. The van der Waals surface area contributed by atoms with Crippen molar-refractivity contribution in [1.82, 2.24) is 20.3 Å². The summed E-state index contributed by atoms with van der Waals surface area (Å²) in [4.78, 5) is 23.9. The zero-order chi connectivity index (χ0) is 20.3. The molecule has 0 fully saturated rings. The number of aromatic amines is 1. The van der Waals surface area contributed by atoms with Crippen LogP contribution in [-0.4, -0.2) is 40.2 Å². The molecule has 0 aliphatic rings. The first kappa shape index (κ1) is 19.0. The Balaban J connectivity index is 1.95. The van der Waals surface area contributed by atoms with Gasteiger partial charge in [-0.15, -0.1) is 0 Å². The van der Waals surface area contributed by atoms with Gasteiger partial charge in [0, 0.05) is 31.0 Å². The van der Waals surface area contributed by atoms with E-state index in [9.17, 15) is 9.18 Å². The van der Waals surface area contributed by atoms with E-state index in [4.69, 9.17) is 10.7 Å². The summed E-state index contributed by atoms with van der Waals surface area (Å²) in [5.74, 6) is -1.12. The van der Waals surface area contributed by atoms with Crippen LogP contribution >= 0.6 is 0 Å². The van der Waals surface area contributed by atoms with E-state index in [0.717, 1.165) is 0 Å². The number of aromatic nitrogens is 3. The van der Waals surface area contributed by atoms with Gasteiger partial charge in [-0.25, -0.2) is 14.4 Å². The minimum Gasteiger partial charge on any atom is -0.387 e. The lowest BCUT2D eigenvalue weighted by molar-refractivity contribution is 0.0952. The average molecular weight is 379 g/mol. The van der Waals surface area contributed by atoms with Crippen LogP contribution in [0.5, 0.6) is 0 Å². The van der Waals surface area contributed by atoms with Gasteiger partial charge in [-0.1, -0.05) is 0 Å². The van der Waals surface area contributed by atoms with Crippen molar-refractivity contribution < 1.29 is 9.18 Å². The molecule has 0 unspecified atom stereocenters. The summed E-state index contributed by atoms with van der Waals surface area (Å²) >= 11 is 0. The summed E-state index contributed by atoms with van der Waals surface area (Å²) < 4.78 is 13.5. The fraction of sp³-hybridized carbons (Fsp3) is 0.211. The third kappa shape index (κ3) is 3.66. The Labute approximate surface area is 160 Å². The summed E-state index contributed by atoms with van der Waals surface area (Å²) in [6.07, 6.45) is 2.91. The van der Waals surface area contributed by atoms with Crippen LogP contribution in [0.15, 0.2) is 30.6 Å². The maximum absolute atomic E-state index is 13.5. The number of anilines is 1. The van der Waals surface area contributed by atoms with Gasteiger partial charge >= 0.3 is 0 Å². The molecule has 0 saturated carbocycles. The molecule has 0 radical (unpaired) electrons. The number of carbonyl (C=O) groups is 1. The number of nitrogens with one attached hydrogen (secondary N) is 4. The first-order valence-electron chi connectivity index (χ1n) is 8.53. The molecule has 0 bridgehead atoms. The topological polar surface area (TPSA) is 130 Å². The number of rotatable bonds is 6. The number of hydrogen-bond acceptors (Lipinski definition) is 6. The van der Waals surface area contributed by atoms with Crippen LogP contribution < -0.4 is 10.6 Å². The highest BCUT2D eigenvalue weighted by molar-refractivity contribution is 6.14. The number of benzene rings is 1. The molecule has 142 valence electrons. The first-order valence-corrected chi connectivity index (χ1v) is 8.53. The van der Waals surface area contributed by atoms with Gasteiger partial charge in [-0.05, 0) is 25.1 Å². The number of halogens is 1. The van der Waals surface area contributed by atoms with Gasteiger partial charge in [0.2, 0.25) is 0 Å². The van der Waals surface area contributed by atoms with Crippen LogP contribution in [0, 0.1) is 28.5 Å². The molecule has 1 amide bonds. The maximum atomic E-state index is 13.5. The Bertz CT molecular complexity index is 1100. The second kappa shape index (κ2) is 7.84. The molecule has 0 aliphatic heterocycles. The molecule has 3 rings (SSSR count). The average Bonchev–Trinajstić information content (AvgIpc) is 3.14. The minimum atomic E-state index is -0.418. The smallest absolute Gasteiger partial charge is 0.255 e. The zero-order valence-electron chi connectivity index (χ0n) is 15.3. The molecule has 1 atom stereocenters. The number of carbonyl (C=O) groups excluding carboxylic acids is 1. The number of fused-ring (bicyclic) bond motifs is 1. The van der Waals surface area contributed by atoms with Crippen LogP contribution in [0.4, 0.5) is 10.1 Å². The van der Waals surface area contributed by atoms with E-state index in [0.29, 0.717) is 22.4 Å². The van der Waals surface area contributed by atoms with Crippen molar-refractivity contribution in [2.75, 3.05) is 18.9 Å². The Morgan fingerprint density at radius 2 is 2.21 bits per heavy atom. The molecule has 3 aromatic rings. The van der Waals surface area contributed by atoms with Gasteiger partial charge in [0.25, 0.3) is 5.91 Å². The van der Waals surface area contributed by atoms with Gasteiger partial charge < -0.3 is 15.6 Å². The van der Waals surface area contributed by atoms with Crippen molar-refractivity contribution in [2.45, 2.75) is 6.92 Å². The lowest BCUT2D eigenvalue weighted by Crippen LogP contribution is -2.27. The van der Waals surface area contributed by atoms with Crippen molar-refractivity contribution >= 4 is 28.5 Å². The molecule has 2 aromatic heterocycles. The maximum Gasteiger partial charge on any atom is 0.255 e. The Hall–Kier alpha value is -3.80. The van der Waals surface area contributed by atoms with Crippen LogP contribution in [0.25, 0.3) is 11.2 Å². The minimum absolute atomic E-state index is 0.0458. The molecule has 9 heteroatoms. The molecule has 0 saturated heterocycles. The first-order chi connectivity index (χ1) is 13.4. The SMILES string of the molecule is CNc1cc(F)ccc1C(=N)c1cnc2[nH]cc(C(=O)NC[C@@H](C)C#N)c2n1. The van der Waals surface area contributed by atoms with Crippen LogP contribution in [0.2, 0.25) is 0 Å². The number of hydrogen-bond donors (Lipinski definition) is 4. The predicted octanol–water partition coefficient (Wildman–Crippen LogP) is 2.44. The van der Waals surface area contributed by atoms with Crippen molar-refractivity contribution in [2.24, 2.45) is 5.92 Å². The second-order valence-electron chi connectivity index (χ2n) is 6.21. The summed E-state index contributed by atoms with van der Waals surface area (Å²) in [6.45, 7) is 1.92. The molecular formula is C19H18FN7O. The van der Waals surface area contributed by atoms with Gasteiger partial charge in [0.05, 0.1) is 29.5 Å². The molecule has 0 aliphatic carbocycles. The Morgan fingerprint density at radius 1 is 1.43 bits per heavy atom. The van der Waals surface area contributed by atoms with E-state index in [1.54, 1.807) is 14.0 Å². The largest absolute Gasteiger partial charge is 0.387 e. The second-order valence-corrected chi connectivity index (χ2v) is 6.21. The van der Waals surface area contributed by atoms with E-state index in [1.807, 2.05) is 6.07 Å². The lowest BCUT2D eigenvalue weighted by atomic mass is 10.1. The fourth-order valence-electron chi connectivity index (χ4n) is 2.65. The van der Waals surface area contributed by atoms with Crippen LogP contribution in [0.3, 0.4) is 0 Å². The Morgan fingerprint density at radius 3 is 2.93 bits per heavy atom. The molecule has 8 nitrogen and oxygen atoms in total. The molecule has 2 heterocycles. The highest BCUT2D eigenvalue weighted by Gasteiger charge is 2.18. The number of amides is 1. The van der Waals surface area contributed by atoms with E-state index in [-0.39, 0.29) is 35.3 Å². The fourth-order valence-corrected chi connectivity index (χ4v) is 2.65. The monoisotopic (exact) mass is 379 g/mol. The zero-order valence-corrected chi connectivity index (χ0v) is 15.3. The lowest BCUT2D eigenvalue weighted by Gasteiger charge is -2.10. The van der Waals surface area contributed by atoms with E-state index in [1.165, 1.54) is 30.6 Å². The van der Waals surface area contributed by atoms with E-state index in [2.05, 4.69) is 25.6 Å². The molecule has 4 N–H and O–H groups in total. The van der Waals surface area contributed by atoms with Crippen molar-refractivity contribution in [1.29, 1.82) is 10.7 Å². The summed E-state index contributed by atoms with van der Waals surface area (Å²) in [5.41, 5.74) is 2.20. The summed E-state index contributed by atoms with van der Waals surface area (Å²) in [6, 6.07) is 6.10. The highest BCUT2D eigenvalue weighted by Crippen LogP contribution is 2.21. The standard InChI is InChI=1S/C19H18FN7O/c1-10(6-21)7-26-19(28)13-8-24-18-17(13)27-15(9-25-18)16(22)12-4-3-11(20)5-14(12)23-2/h3-5,8-10,22-23H,7H2,1-2H3,(H,24,25)(H,26,28)/t10-/m0/s1. The van der Waals surface area contributed by atoms with Gasteiger partial charge in [0.1, 0.15) is 17.0 Å². The number of nitrogens with zero attached hydrogens (tertiary/aromatic N) is 3. The van der Waals surface area contributed by atoms with Crippen LogP contribution in [0.1, 0.15) is 28.5 Å². The molecule has 1 aromatic carbocycles. The normalized spacial score (nSPS) is 11.6. The van der Waals surface area contributed by atoms with Crippen molar-refractivity contribution in [3.05, 3.63) is 53.2 Å². The predicted molar refractivity (Wildman–Crippen MR) is 103 cm³/mol. The number of H-pyrrole nitrogens is 1. The Kier molecular flexibility index (Phi) is 5.31. The quantitative estimate of drug-likeness (QED) is 0.489. The molecule has 0 spiro atoms. The number of nitriles is 1. The third-order valence-corrected chi connectivity index (χ3v) is 4.19. The van der Waals surface area contributed by atoms with Gasteiger partial charge in [0.15, 0.2) is 5.65 Å². The van der Waals surface area contributed by atoms with Crippen molar-refractivity contribution in [3.8, 4) is 6.07 Å². The molecule has 28 heavy (non-hydrogen) atoms. The van der Waals surface area contributed by atoms with E-state index >= 15 is 0 Å². The van der Waals surface area contributed by atoms with Gasteiger partial charge in [-0.3, -0.25) is 10.2 Å². The summed E-state index contributed by atoms with van der Waals surface area (Å²) in [5, 5.41) is 22.8. The third-order valence-electron chi connectivity index (χ3n) is 4.19. The highest BCUT2D eigenvalue weighted by atomic mass is 19.1. The molecular weight excluding hydrogens is 361 g/mol. The van der Waals surface area contributed by atoms with Crippen LogP contribution in [-0.2, 0) is 0 Å². The van der Waals surface area contributed by atoms with Gasteiger partial charge in [-0.2, -0.15) is 5.26 Å². The van der Waals surface area contributed by atoms with Crippen molar-refractivity contribution in [3.63, 3.8) is 0 Å².